The van der Waals surface area contributed by atoms with Crippen molar-refractivity contribution in [3.63, 3.8) is 0 Å². The Morgan fingerprint density at radius 3 is 2.36 bits per heavy atom. The van der Waals surface area contributed by atoms with Crippen molar-refractivity contribution >= 4 is 30.5 Å². The van der Waals surface area contributed by atoms with Crippen LogP contribution in [0.5, 0.6) is 11.6 Å². The molecule has 0 aliphatic heterocycles. The number of methoxy groups -OCH3 is 2. The molecule has 0 spiro atoms. The molecule has 45 heavy (non-hydrogen) atoms. The lowest BCUT2D eigenvalue weighted by molar-refractivity contribution is -0.113. The highest BCUT2D eigenvalue weighted by molar-refractivity contribution is 7.48. The van der Waals surface area contributed by atoms with E-state index < -0.39 is 7.82 Å². The second-order valence-electron chi connectivity index (χ2n) is 10.2. The predicted octanol–water partition coefficient (Wildman–Crippen LogP) is 6.02. The fourth-order valence-corrected chi connectivity index (χ4v) is 5.69. The van der Waals surface area contributed by atoms with E-state index in [1.807, 2.05) is 67.7 Å². The molecule has 1 amide bonds. The molecule has 0 N–H and O–H groups in total. The highest BCUT2D eigenvalue weighted by atomic mass is 31.2. The van der Waals surface area contributed by atoms with Gasteiger partial charge in [0.1, 0.15) is 18.1 Å². The van der Waals surface area contributed by atoms with Crippen LogP contribution in [-0.4, -0.2) is 80.5 Å². The summed E-state index contributed by atoms with van der Waals surface area (Å²) in [6, 6.07) is 11.3. The molecule has 1 aromatic carbocycles. The molecule has 0 saturated heterocycles. The molecule has 3 heterocycles. The standard InChI is InChI=1S/C32H40N5O7P/c1-8-42-45(39,43-9-2)44-22-37-21-29(23-12-13-33-30(18-23)41-7)28-17-25(20-34-32(28)37)24-15-26(19-27(16-24)40-6)36(5)31(38)11-10-14-35(3)4/h10-13,15-21H,8-9,14,22H2,1-7H3. The van der Waals surface area contributed by atoms with Gasteiger partial charge in [0, 0.05) is 72.6 Å². The first kappa shape index (κ1) is 33.8. The maximum atomic E-state index is 13.0. The third kappa shape index (κ3) is 8.36. The van der Waals surface area contributed by atoms with E-state index in [0.717, 1.165) is 27.6 Å². The van der Waals surface area contributed by atoms with Crippen molar-refractivity contribution in [1.82, 2.24) is 19.4 Å². The molecule has 0 aliphatic carbocycles. The maximum absolute atomic E-state index is 13.0. The summed E-state index contributed by atoms with van der Waals surface area (Å²) in [6.07, 6.45) is 8.64. The first-order chi connectivity index (χ1) is 21.6. The smallest absolute Gasteiger partial charge is 0.476 e. The number of amides is 1. The van der Waals surface area contributed by atoms with Gasteiger partial charge in [-0.15, -0.1) is 0 Å². The molecule has 3 aromatic heterocycles. The van der Waals surface area contributed by atoms with E-state index in [1.165, 1.54) is 0 Å². The zero-order valence-electron chi connectivity index (χ0n) is 26.7. The molecule has 0 bridgehead atoms. The lowest BCUT2D eigenvalue weighted by atomic mass is 10.0. The first-order valence-electron chi connectivity index (χ1n) is 14.4. The minimum Gasteiger partial charge on any atom is -0.497 e. The number of phosphoric ester groups is 1. The second-order valence-corrected chi connectivity index (χ2v) is 11.9. The number of likely N-dealkylation sites (N-methyl/N-ethyl adjacent to an activating group) is 2. The van der Waals surface area contributed by atoms with Crippen molar-refractivity contribution < 1.29 is 32.4 Å². The molecule has 0 atom stereocenters. The van der Waals surface area contributed by atoms with Gasteiger partial charge in [0.15, 0.2) is 0 Å². The summed E-state index contributed by atoms with van der Waals surface area (Å²) in [6.45, 7) is 4.31. The van der Waals surface area contributed by atoms with E-state index in [2.05, 4.69) is 4.98 Å². The van der Waals surface area contributed by atoms with Crippen LogP contribution in [0.3, 0.4) is 0 Å². The maximum Gasteiger partial charge on any atom is 0.476 e. The molecule has 0 unspecified atom stereocenters. The lowest BCUT2D eigenvalue weighted by Gasteiger charge is -2.18. The summed E-state index contributed by atoms with van der Waals surface area (Å²) in [5, 5.41) is 0.799. The summed E-state index contributed by atoms with van der Waals surface area (Å²) >= 11 is 0. The number of rotatable bonds is 15. The van der Waals surface area contributed by atoms with Gasteiger partial charge in [-0.1, -0.05) is 6.08 Å². The largest absolute Gasteiger partial charge is 0.497 e. The average Bonchev–Trinajstić information content (AvgIpc) is 3.41. The van der Waals surface area contributed by atoms with Crippen LogP contribution in [0.25, 0.3) is 33.3 Å². The second kappa shape index (κ2) is 15.3. The van der Waals surface area contributed by atoms with Gasteiger partial charge in [0.05, 0.1) is 27.4 Å². The number of carbonyl (C=O) groups is 1. The van der Waals surface area contributed by atoms with Crippen LogP contribution < -0.4 is 14.4 Å². The summed E-state index contributed by atoms with van der Waals surface area (Å²) in [7, 11) is 4.97. The van der Waals surface area contributed by atoms with Crippen molar-refractivity contribution in [2.75, 3.05) is 60.0 Å². The van der Waals surface area contributed by atoms with Gasteiger partial charge in [-0.05, 0) is 63.3 Å². The highest BCUT2D eigenvalue weighted by Crippen LogP contribution is 2.50. The van der Waals surface area contributed by atoms with Crippen molar-refractivity contribution in [3.05, 3.63) is 67.1 Å². The third-order valence-electron chi connectivity index (χ3n) is 6.81. The van der Waals surface area contributed by atoms with Crippen LogP contribution in [0, 0.1) is 0 Å². The Bertz CT molecular complexity index is 1690. The molecule has 0 saturated carbocycles. The van der Waals surface area contributed by atoms with Gasteiger partial charge in [0.25, 0.3) is 0 Å². The molecule has 0 fully saturated rings. The Morgan fingerprint density at radius 2 is 1.69 bits per heavy atom. The van der Waals surface area contributed by atoms with Crippen molar-refractivity contribution in [1.29, 1.82) is 0 Å². The summed E-state index contributed by atoms with van der Waals surface area (Å²) in [5.41, 5.74) is 4.51. The number of anilines is 1. The molecule has 13 heteroatoms. The van der Waals surface area contributed by atoms with Crippen LogP contribution in [-0.2, 0) is 29.7 Å². The Labute approximate surface area is 263 Å². The van der Waals surface area contributed by atoms with E-state index in [-0.39, 0.29) is 25.9 Å². The van der Waals surface area contributed by atoms with Gasteiger partial charge in [-0.2, -0.15) is 0 Å². The SMILES string of the molecule is CCOP(=O)(OCC)OCn1cc(-c2ccnc(OC)c2)c2cc(-c3cc(OC)cc(N(C)C(=O)C=CCN(C)C)c3)cnc21. The number of ether oxygens (including phenoxy) is 2. The number of aromatic nitrogens is 3. The van der Waals surface area contributed by atoms with E-state index >= 15 is 0 Å². The molecule has 0 radical (unpaired) electrons. The monoisotopic (exact) mass is 637 g/mol. The molecular weight excluding hydrogens is 597 g/mol. The number of pyridine rings is 2. The molecule has 0 aliphatic rings. The fourth-order valence-electron chi connectivity index (χ4n) is 4.57. The topological polar surface area (TPSA) is 117 Å². The quantitative estimate of drug-likeness (QED) is 0.113. The van der Waals surface area contributed by atoms with Crippen LogP contribution >= 0.6 is 7.82 Å². The van der Waals surface area contributed by atoms with Gasteiger partial charge in [-0.25, -0.2) is 14.5 Å². The first-order valence-corrected chi connectivity index (χ1v) is 15.9. The van der Waals surface area contributed by atoms with Crippen LogP contribution in [0.4, 0.5) is 5.69 Å². The number of phosphoric acid groups is 1. The molecule has 4 aromatic rings. The van der Waals surface area contributed by atoms with Gasteiger partial charge >= 0.3 is 7.82 Å². The van der Waals surface area contributed by atoms with Gasteiger partial charge in [0.2, 0.25) is 11.8 Å². The van der Waals surface area contributed by atoms with Crippen LogP contribution in [0.15, 0.2) is 67.1 Å². The van der Waals surface area contributed by atoms with Crippen molar-refractivity contribution in [2.24, 2.45) is 0 Å². The van der Waals surface area contributed by atoms with Crippen molar-refractivity contribution in [2.45, 2.75) is 20.6 Å². The Morgan fingerprint density at radius 1 is 0.933 bits per heavy atom. The van der Waals surface area contributed by atoms with Crippen molar-refractivity contribution in [3.8, 4) is 33.9 Å². The summed E-state index contributed by atoms with van der Waals surface area (Å²) in [5.74, 6) is 0.884. The summed E-state index contributed by atoms with van der Waals surface area (Å²) in [4.78, 5) is 25.5. The number of hydrogen-bond acceptors (Lipinski definition) is 10. The Balaban J connectivity index is 1.79. The average molecular weight is 638 g/mol. The molecule has 4 rings (SSSR count). The number of nitrogens with zero attached hydrogens (tertiary/aromatic N) is 5. The van der Waals surface area contributed by atoms with Gasteiger partial charge in [-0.3, -0.25) is 18.4 Å². The zero-order valence-corrected chi connectivity index (χ0v) is 27.6. The Hall–Kier alpha value is -4.06. The summed E-state index contributed by atoms with van der Waals surface area (Å²) < 4.78 is 42.1. The number of benzene rings is 1. The number of fused-ring (bicyclic) bond motifs is 1. The van der Waals surface area contributed by atoms with Crippen LogP contribution in [0.2, 0.25) is 0 Å². The predicted molar refractivity (Wildman–Crippen MR) is 175 cm³/mol. The fraction of sp³-hybridized carbons (Fsp3) is 0.344. The number of carbonyl (C=O) groups excluding carboxylic acids is 1. The van der Waals surface area contributed by atoms with E-state index in [1.54, 1.807) is 63.1 Å². The van der Waals surface area contributed by atoms with Gasteiger partial charge < -0.3 is 23.8 Å². The van der Waals surface area contributed by atoms with E-state index in [9.17, 15) is 9.36 Å². The normalized spacial score (nSPS) is 11.9. The number of hydrogen-bond donors (Lipinski definition) is 0. The Kier molecular flexibility index (Phi) is 11.5. The molecular formula is C32H40N5O7P. The van der Waals surface area contributed by atoms with Crippen LogP contribution in [0.1, 0.15) is 13.8 Å². The minimum absolute atomic E-state index is 0.125. The van der Waals surface area contributed by atoms with E-state index in [4.69, 9.17) is 28.0 Å². The molecule has 12 nitrogen and oxygen atoms in total. The minimum atomic E-state index is -3.77. The molecule has 240 valence electrons. The highest BCUT2D eigenvalue weighted by Gasteiger charge is 2.26. The third-order valence-corrected chi connectivity index (χ3v) is 8.39. The zero-order chi connectivity index (χ0) is 32.6. The van der Waals surface area contributed by atoms with E-state index in [0.29, 0.717) is 29.5 Å². The lowest BCUT2D eigenvalue weighted by Crippen LogP contribution is -2.24.